The maximum absolute atomic E-state index is 5.21. The molecule has 0 unspecified atom stereocenters. The molecule has 1 heterocycles. The van der Waals surface area contributed by atoms with Crippen LogP contribution in [0, 0.1) is 0 Å². The number of nitrogens with zero attached hydrogens (tertiary/aromatic N) is 2. The van der Waals surface area contributed by atoms with Gasteiger partial charge in [-0.1, -0.05) is 147 Å². The van der Waals surface area contributed by atoms with Crippen molar-refractivity contribution in [2.75, 3.05) is 0 Å². The third-order valence-corrected chi connectivity index (χ3v) is 9.00. The quantitative estimate of drug-likeness (QED) is 0.172. The van der Waals surface area contributed by atoms with Crippen LogP contribution in [0.2, 0.25) is 0 Å². The first kappa shape index (κ1) is 27.1. The van der Waals surface area contributed by atoms with Crippen molar-refractivity contribution in [3.8, 4) is 44.8 Å². The van der Waals surface area contributed by atoms with Crippen molar-refractivity contribution >= 4 is 32.6 Å². The Morgan fingerprint density at radius 2 is 0.978 bits per heavy atom. The highest BCUT2D eigenvalue weighted by Crippen LogP contribution is 2.45. The van der Waals surface area contributed by atoms with E-state index in [0.717, 1.165) is 36.3 Å². The summed E-state index contributed by atoms with van der Waals surface area (Å²) in [5.41, 5.74) is 10.8. The lowest BCUT2D eigenvalue weighted by atomic mass is 9.85. The number of fused-ring (bicyclic) bond motifs is 3. The summed E-state index contributed by atoms with van der Waals surface area (Å²) in [7, 11) is 0. The van der Waals surface area contributed by atoms with Crippen molar-refractivity contribution in [2.24, 2.45) is 0 Å². The molecule has 0 atom stereocenters. The van der Waals surface area contributed by atoms with E-state index >= 15 is 0 Å². The van der Waals surface area contributed by atoms with Crippen LogP contribution in [0.3, 0.4) is 0 Å². The van der Waals surface area contributed by atoms with Crippen LogP contribution < -0.4 is 0 Å². The molecule has 2 heteroatoms. The Hall–Kier alpha value is -5.47. The lowest BCUT2D eigenvalue weighted by Gasteiger charge is -2.18. The van der Waals surface area contributed by atoms with Gasteiger partial charge in [0, 0.05) is 12.1 Å². The SMILES string of the molecule is CCCCn1c(-c2ccccc2)nc2cc(-c3ccc4c(-c5ccccc5)c5ccccc5c(-c5ccccc5)c4c3)ccc21. The predicted molar refractivity (Wildman–Crippen MR) is 191 cm³/mol. The third kappa shape index (κ3) is 4.80. The van der Waals surface area contributed by atoms with E-state index in [2.05, 4.69) is 163 Å². The van der Waals surface area contributed by atoms with Gasteiger partial charge in [0.25, 0.3) is 0 Å². The van der Waals surface area contributed by atoms with Gasteiger partial charge in [0.15, 0.2) is 0 Å². The Morgan fingerprint density at radius 3 is 1.60 bits per heavy atom. The molecule has 0 fully saturated rings. The Balaban J connectivity index is 1.37. The Morgan fingerprint density at radius 1 is 0.467 bits per heavy atom. The number of aryl methyl sites for hydroxylation is 1. The zero-order valence-corrected chi connectivity index (χ0v) is 25.4. The average molecular weight is 579 g/mol. The van der Waals surface area contributed by atoms with Crippen molar-refractivity contribution in [1.29, 1.82) is 0 Å². The smallest absolute Gasteiger partial charge is 0.141 e. The van der Waals surface area contributed by atoms with Crippen LogP contribution >= 0.6 is 0 Å². The molecule has 8 rings (SSSR count). The molecular weight excluding hydrogens is 544 g/mol. The van der Waals surface area contributed by atoms with E-state index in [1.807, 2.05) is 0 Å². The maximum atomic E-state index is 5.21. The molecule has 0 N–H and O–H groups in total. The number of benzene rings is 7. The first-order valence-corrected chi connectivity index (χ1v) is 16.0. The number of imidazole rings is 1. The van der Waals surface area contributed by atoms with Crippen LogP contribution in [0.15, 0.2) is 152 Å². The molecule has 45 heavy (non-hydrogen) atoms. The molecule has 0 amide bonds. The van der Waals surface area contributed by atoms with E-state index < -0.39 is 0 Å². The number of unbranched alkanes of at least 4 members (excludes halogenated alkanes) is 1. The monoisotopic (exact) mass is 578 g/mol. The molecule has 2 nitrogen and oxygen atoms in total. The van der Waals surface area contributed by atoms with Crippen molar-refractivity contribution in [3.63, 3.8) is 0 Å². The van der Waals surface area contributed by atoms with E-state index in [0.29, 0.717) is 0 Å². The Bertz CT molecular complexity index is 2280. The Labute approximate surface area is 264 Å². The summed E-state index contributed by atoms with van der Waals surface area (Å²) >= 11 is 0. The number of hydrogen-bond donors (Lipinski definition) is 0. The number of aromatic nitrogens is 2. The fourth-order valence-electron chi connectivity index (χ4n) is 6.85. The van der Waals surface area contributed by atoms with Crippen molar-refractivity contribution in [2.45, 2.75) is 26.3 Å². The molecule has 0 saturated carbocycles. The van der Waals surface area contributed by atoms with Gasteiger partial charge in [-0.2, -0.15) is 0 Å². The van der Waals surface area contributed by atoms with E-state index in [-0.39, 0.29) is 0 Å². The number of rotatable bonds is 7. The van der Waals surface area contributed by atoms with E-state index in [4.69, 9.17) is 4.98 Å². The summed E-state index contributed by atoms with van der Waals surface area (Å²) in [6.45, 7) is 3.21. The van der Waals surface area contributed by atoms with Crippen LogP contribution in [0.25, 0.3) is 77.3 Å². The zero-order chi connectivity index (χ0) is 30.2. The first-order chi connectivity index (χ1) is 22.3. The number of hydrogen-bond acceptors (Lipinski definition) is 1. The molecule has 7 aromatic carbocycles. The van der Waals surface area contributed by atoms with Gasteiger partial charge in [-0.15, -0.1) is 0 Å². The normalized spacial score (nSPS) is 11.5. The summed E-state index contributed by atoms with van der Waals surface area (Å²) < 4.78 is 2.39. The van der Waals surface area contributed by atoms with E-state index in [9.17, 15) is 0 Å². The molecule has 0 aliphatic carbocycles. The molecule has 216 valence electrons. The van der Waals surface area contributed by atoms with Gasteiger partial charge in [-0.05, 0) is 79.5 Å². The largest absolute Gasteiger partial charge is 0.324 e. The lowest BCUT2D eigenvalue weighted by Crippen LogP contribution is -2.00. The molecule has 0 saturated heterocycles. The van der Waals surface area contributed by atoms with Gasteiger partial charge >= 0.3 is 0 Å². The lowest BCUT2D eigenvalue weighted by molar-refractivity contribution is 0.651. The minimum atomic E-state index is 0.961. The van der Waals surface area contributed by atoms with Crippen molar-refractivity contribution < 1.29 is 0 Å². The first-order valence-electron chi connectivity index (χ1n) is 16.0. The van der Waals surface area contributed by atoms with Gasteiger partial charge in [0.1, 0.15) is 5.82 Å². The summed E-state index contributed by atoms with van der Waals surface area (Å²) in [4.78, 5) is 5.21. The maximum Gasteiger partial charge on any atom is 0.141 e. The van der Waals surface area contributed by atoms with Crippen LogP contribution in [0.4, 0.5) is 0 Å². The van der Waals surface area contributed by atoms with Crippen LogP contribution in [0.1, 0.15) is 19.8 Å². The minimum Gasteiger partial charge on any atom is -0.324 e. The highest BCUT2D eigenvalue weighted by Gasteiger charge is 2.18. The van der Waals surface area contributed by atoms with Gasteiger partial charge in [-0.3, -0.25) is 0 Å². The standard InChI is InChI=1S/C43H34N2/c1-2-3-27-45-40-26-24-34(29-39(40)44-43(45)32-19-11-6-12-20-32)33-23-25-37-38(28-33)42(31-17-9-5-10-18-31)36-22-14-13-21-35(36)41(37)30-15-7-4-8-16-30/h4-26,28-29H,2-3,27H2,1H3. The second-order valence-corrected chi connectivity index (χ2v) is 11.8. The molecular formula is C43H34N2. The second kappa shape index (κ2) is 11.6. The van der Waals surface area contributed by atoms with Crippen LogP contribution in [0.5, 0.6) is 0 Å². The molecule has 8 aromatic rings. The van der Waals surface area contributed by atoms with E-state index in [1.54, 1.807) is 0 Å². The summed E-state index contributed by atoms with van der Waals surface area (Å²) in [6.07, 6.45) is 2.27. The molecule has 0 aliphatic rings. The second-order valence-electron chi connectivity index (χ2n) is 11.8. The fraction of sp³-hybridized carbons (Fsp3) is 0.0930. The molecule has 0 bridgehead atoms. The van der Waals surface area contributed by atoms with Gasteiger partial charge in [0.05, 0.1) is 11.0 Å². The van der Waals surface area contributed by atoms with Gasteiger partial charge in [-0.25, -0.2) is 4.98 Å². The molecule has 0 spiro atoms. The summed E-state index contributed by atoms with van der Waals surface area (Å²) in [5, 5.41) is 5.06. The third-order valence-electron chi connectivity index (χ3n) is 9.00. The Kier molecular flexibility index (Phi) is 6.96. The summed E-state index contributed by atoms with van der Waals surface area (Å²) in [6, 6.07) is 54.9. The van der Waals surface area contributed by atoms with E-state index in [1.165, 1.54) is 60.4 Å². The molecule has 0 radical (unpaired) electrons. The zero-order valence-electron chi connectivity index (χ0n) is 25.4. The highest BCUT2D eigenvalue weighted by molar-refractivity contribution is 6.22. The summed E-state index contributed by atoms with van der Waals surface area (Å²) in [5.74, 6) is 1.04. The average Bonchev–Trinajstić information content (AvgIpc) is 3.48. The minimum absolute atomic E-state index is 0.961. The highest BCUT2D eigenvalue weighted by atomic mass is 15.1. The topological polar surface area (TPSA) is 17.8 Å². The van der Waals surface area contributed by atoms with Gasteiger partial charge < -0.3 is 4.57 Å². The fourth-order valence-corrected chi connectivity index (χ4v) is 6.85. The van der Waals surface area contributed by atoms with Crippen molar-refractivity contribution in [1.82, 2.24) is 9.55 Å². The van der Waals surface area contributed by atoms with Crippen LogP contribution in [-0.4, -0.2) is 9.55 Å². The van der Waals surface area contributed by atoms with Gasteiger partial charge in [0.2, 0.25) is 0 Å². The molecule has 0 aliphatic heterocycles. The van der Waals surface area contributed by atoms with Crippen molar-refractivity contribution in [3.05, 3.63) is 152 Å². The predicted octanol–water partition coefficient (Wildman–Crippen LogP) is 11.8. The molecule has 1 aromatic heterocycles. The van der Waals surface area contributed by atoms with Crippen LogP contribution in [-0.2, 0) is 6.54 Å².